The van der Waals surface area contributed by atoms with Gasteiger partial charge in [-0.15, -0.1) is 0 Å². The first-order chi connectivity index (χ1) is 10.1. The Hall–Kier alpha value is -1.11. The molecule has 120 valence electrons. The molecule has 0 aliphatic rings. The minimum Gasteiger partial charge on any atom is -0.293 e. The first kappa shape index (κ1) is 19.9. The van der Waals surface area contributed by atoms with Gasteiger partial charge in [0.1, 0.15) is 0 Å². The molecule has 0 saturated carbocycles. The van der Waals surface area contributed by atoms with Gasteiger partial charge >= 0.3 is 0 Å². The van der Waals surface area contributed by atoms with E-state index in [9.17, 15) is 0 Å². The summed E-state index contributed by atoms with van der Waals surface area (Å²) in [6.45, 7) is 14.2. The van der Waals surface area contributed by atoms with E-state index < -0.39 is 0 Å². The Morgan fingerprint density at radius 3 is 2.00 bits per heavy atom. The number of nitrogens with zero attached hydrogens (tertiary/aromatic N) is 1. The molecule has 0 spiro atoms. The molecule has 1 nitrogen and oxygen atoms in total. The fourth-order valence-corrected chi connectivity index (χ4v) is 2.80. The second-order valence-electron chi connectivity index (χ2n) is 6.03. The predicted molar refractivity (Wildman–Crippen MR) is 98.2 cm³/mol. The van der Waals surface area contributed by atoms with Crippen molar-refractivity contribution in [1.29, 1.82) is 0 Å². The zero-order chi connectivity index (χ0) is 16.1. The molecule has 0 heterocycles. The largest absolute Gasteiger partial charge is 0.293 e. The molecular weight excluding hydrogens is 254 g/mol. The Labute approximate surface area is 132 Å². The minimum atomic E-state index is 0.283. The van der Waals surface area contributed by atoms with Gasteiger partial charge in [-0.2, -0.15) is 0 Å². The molecule has 21 heavy (non-hydrogen) atoms. The summed E-state index contributed by atoms with van der Waals surface area (Å²) in [4.78, 5) is 4.52. The van der Waals surface area contributed by atoms with E-state index in [1.165, 1.54) is 36.8 Å². The van der Waals surface area contributed by atoms with Crippen molar-refractivity contribution in [2.45, 2.75) is 73.6 Å². The maximum Gasteiger partial charge on any atom is 0.0386 e. The van der Waals surface area contributed by atoms with E-state index in [0.717, 1.165) is 13.0 Å². The zero-order valence-electron chi connectivity index (χ0n) is 15.1. The molecule has 0 saturated heterocycles. The summed E-state index contributed by atoms with van der Waals surface area (Å²) >= 11 is 0. The topological polar surface area (TPSA) is 12.4 Å². The molecule has 0 N–H and O–H groups in total. The Morgan fingerprint density at radius 2 is 1.57 bits per heavy atom. The van der Waals surface area contributed by atoms with Crippen molar-refractivity contribution in [2.24, 2.45) is 10.4 Å². The molecule has 1 heteroatoms. The second-order valence-corrected chi connectivity index (χ2v) is 6.03. The van der Waals surface area contributed by atoms with Crippen LogP contribution in [0, 0.1) is 5.41 Å². The highest BCUT2D eigenvalue weighted by molar-refractivity contribution is 5.85. The van der Waals surface area contributed by atoms with Gasteiger partial charge < -0.3 is 0 Å². The van der Waals surface area contributed by atoms with E-state index in [0.29, 0.717) is 0 Å². The highest BCUT2D eigenvalue weighted by Crippen LogP contribution is 2.33. The lowest BCUT2D eigenvalue weighted by atomic mass is 9.79. The van der Waals surface area contributed by atoms with E-state index in [-0.39, 0.29) is 5.41 Å². The SMILES string of the molecule is C\C=C/C(=C\C(C)(CCC)CCC)C(/C=N\CCC)=C\C. The van der Waals surface area contributed by atoms with Crippen molar-refractivity contribution < 1.29 is 0 Å². The van der Waals surface area contributed by atoms with Gasteiger partial charge in [0.15, 0.2) is 0 Å². The third-order valence-electron chi connectivity index (χ3n) is 3.72. The average molecular weight is 290 g/mol. The number of aliphatic imine (C=N–C) groups is 1. The fourth-order valence-electron chi connectivity index (χ4n) is 2.80. The summed E-state index contributed by atoms with van der Waals surface area (Å²) in [5.41, 5.74) is 2.83. The van der Waals surface area contributed by atoms with Crippen LogP contribution in [0.5, 0.6) is 0 Å². The number of allylic oxidation sites excluding steroid dienone is 6. The summed E-state index contributed by atoms with van der Waals surface area (Å²) in [5, 5.41) is 0. The van der Waals surface area contributed by atoms with Crippen LogP contribution in [-0.4, -0.2) is 12.8 Å². The van der Waals surface area contributed by atoms with Crippen LogP contribution in [0.1, 0.15) is 73.6 Å². The molecule has 0 aromatic rings. The van der Waals surface area contributed by atoms with Crippen LogP contribution in [0.15, 0.2) is 40.4 Å². The molecule has 0 unspecified atom stereocenters. The summed E-state index contributed by atoms with van der Waals surface area (Å²) in [5.74, 6) is 0. The zero-order valence-corrected chi connectivity index (χ0v) is 15.1. The molecule has 0 fully saturated rings. The highest BCUT2D eigenvalue weighted by Gasteiger charge is 2.20. The summed E-state index contributed by atoms with van der Waals surface area (Å²) in [7, 11) is 0. The molecule has 0 radical (unpaired) electrons. The van der Waals surface area contributed by atoms with Crippen molar-refractivity contribution in [1.82, 2.24) is 0 Å². The second kappa shape index (κ2) is 11.5. The predicted octanol–water partition coefficient (Wildman–Crippen LogP) is 6.52. The summed E-state index contributed by atoms with van der Waals surface area (Å²) < 4.78 is 0. The normalized spacial score (nSPS) is 14.6. The Kier molecular flexibility index (Phi) is 10.9. The van der Waals surface area contributed by atoms with Crippen molar-refractivity contribution >= 4 is 6.21 Å². The maximum atomic E-state index is 4.52. The standard InChI is InChI=1S/C20H35N/c1-7-12-19(18(11-5)17-21-15-10-4)16-20(6,13-8-2)14-9-3/h7,11-12,16-17H,8-10,13-15H2,1-6H3/b12-7-,18-11-,19-16+,21-17-. The molecular formula is C20H35N. The fraction of sp³-hybridized carbons (Fsp3) is 0.650. The molecule has 0 aromatic carbocycles. The van der Waals surface area contributed by atoms with E-state index >= 15 is 0 Å². The average Bonchev–Trinajstić information content (AvgIpc) is 2.44. The monoisotopic (exact) mass is 289 g/mol. The molecule has 0 aromatic heterocycles. The lowest BCUT2D eigenvalue weighted by Gasteiger charge is -2.26. The summed E-state index contributed by atoms with van der Waals surface area (Å²) in [6.07, 6.45) is 17.0. The van der Waals surface area contributed by atoms with Gasteiger partial charge in [-0.1, -0.05) is 64.8 Å². The van der Waals surface area contributed by atoms with Gasteiger partial charge in [-0.05, 0) is 49.7 Å². The third-order valence-corrected chi connectivity index (χ3v) is 3.72. The molecule has 0 bridgehead atoms. The molecule has 0 aliphatic carbocycles. The van der Waals surface area contributed by atoms with Crippen molar-refractivity contribution in [3.8, 4) is 0 Å². The highest BCUT2D eigenvalue weighted by atomic mass is 14.7. The van der Waals surface area contributed by atoms with Gasteiger partial charge in [-0.25, -0.2) is 0 Å². The van der Waals surface area contributed by atoms with Crippen molar-refractivity contribution in [3.63, 3.8) is 0 Å². The van der Waals surface area contributed by atoms with Crippen LogP contribution in [-0.2, 0) is 0 Å². The van der Waals surface area contributed by atoms with Gasteiger partial charge in [0.25, 0.3) is 0 Å². The Bertz CT molecular complexity index is 377. The summed E-state index contributed by atoms with van der Waals surface area (Å²) in [6, 6.07) is 0. The smallest absolute Gasteiger partial charge is 0.0386 e. The molecule has 0 rings (SSSR count). The number of hydrogen-bond acceptors (Lipinski definition) is 1. The lowest BCUT2D eigenvalue weighted by molar-refractivity contribution is 0.351. The Balaban J connectivity index is 5.46. The first-order valence-electron chi connectivity index (χ1n) is 8.58. The van der Waals surface area contributed by atoms with Crippen molar-refractivity contribution in [3.05, 3.63) is 35.5 Å². The van der Waals surface area contributed by atoms with E-state index in [1.807, 2.05) is 6.21 Å². The lowest BCUT2D eigenvalue weighted by Crippen LogP contribution is -2.14. The first-order valence-corrected chi connectivity index (χ1v) is 8.58. The van der Waals surface area contributed by atoms with Crippen LogP contribution in [0.3, 0.4) is 0 Å². The van der Waals surface area contributed by atoms with Gasteiger partial charge in [0.2, 0.25) is 0 Å². The van der Waals surface area contributed by atoms with Gasteiger partial charge in [-0.3, -0.25) is 4.99 Å². The molecule has 0 atom stereocenters. The van der Waals surface area contributed by atoms with Gasteiger partial charge in [0.05, 0.1) is 0 Å². The van der Waals surface area contributed by atoms with Crippen LogP contribution in [0.2, 0.25) is 0 Å². The minimum absolute atomic E-state index is 0.283. The third kappa shape index (κ3) is 8.04. The van der Waals surface area contributed by atoms with E-state index in [1.54, 1.807) is 0 Å². The van der Waals surface area contributed by atoms with Crippen LogP contribution in [0.25, 0.3) is 0 Å². The van der Waals surface area contributed by atoms with Gasteiger partial charge in [0, 0.05) is 12.8 Å². The van der Waals surface area contributed by atoms with Crippen molar-refractivity contribution in [2.75, 3.05) is 6.54 Å². The van der Waals surface area contributed by atoms with E-state index in [2.05, 4.69) is 70.8 Å². The van der Waals surface area contributed by atoms with Crippen LogP contribution < -0.4 is 0 Å². The Morgan fingerprint density at radius 1 is 0.952 bits per heavy atom. The number of hydrogen-bond donors (Lipinski definition) is 0. The van der Waals surface area contributed by atoms with Crippen LogP contribution in [0.4, 0.5) is 0 Å². The number of rotatable bonds is 10. The quantitative estimate of drug-likeness (QED) is 0.320. The molecule has 0 amide bonds. The maximum absolute atomic E-state index is 4.52. The van der Waals surface area contributed by atoms with Crippen LogP contribution >= 0.6 is 0 Å². The van der Waals surface area contributed by atoms with E-state index in [4.69, 9.17) is 0 Å². The molecule has 0 aliphatic heterocycles.